The number of para-hydroxylation sites is 1. The molecule has 0 N–H and O–H groups in total. The molecule has 0 unspecified atom stereocenters. The number of ether oxygens (including phenoxy) is 2. The lowest BCUT2D eigenvalue weighted by Crippen LogP contribution is -2.39. The van der Waals surface area contributed by atoms with Crippen LogP contribution in [0.5, 0.6) is 5.75 Å². The van der Waals surface area contributed by atoms with Crippen molar-refractivity contribution >= 4 is 29.1 Å². The van der Waals surface area contributed by atoms with Gasteiger partial charge in [0.2, 0.25) is 0 Å². The van der Waals surface area contributed by atoms with Crippen LogP contribution in [0, 0.1) is 10.1 Å². The first kappa shape index (κ1) is 22.2. The van der Waals surface area contributed by atoms with Gasteiger partial charge in [-0.15, -0.1) is 0 Å². The van der Waals surface area contributed by atoms with E-state index in [0.717, 1.165) is 11.3 Å². The summed E-state index contributed by atoms with van der Waals surface area (Å²) in [5, 5.41) is 11.4. The lowest BCUT2D eigenvalue weighted by molar-refractivity contribution is -0.385. The van der Waals surface area contributed by atoms with Crippen molar-refractivity contribution in [2.24, 2.45) is 4.99 Å². The number of benzene rings is 2. The van der Waals surface area contributed by atoms with E-state index in [1.807, 2.05) is 0 Å². The highest BCUT2D eigenvalue weighted by molar-refractivity contribution is 7.07. The Kier molecular flexibility index (Phi) is 5.93. The molecule has 3 aromatic rings. The number of thiazole rings is 1. The monoisotopic (exact) mass is 465 g/mol. The second-order valence-corrected chi connectivity index (χ2v) is 8.17. The van der Waals surface area contributed by atoms with Crippen molar-refractivity contribution in [3.8, 4) is 5.75 Å². The number of rotatable bonds is 5. The van der Waals surface area contributed by atoms with Crippen LogP contribution >= 0.6 is 11.3 Å². The summed E-state index contributed by atoms with van der Waals surface area (Å²) in [6, 6.07) is 12.4. The predicted octanol–water partition coefficient (Wildman–Crippen LogP) is 2.33. The molecule has 2 heterocycles. The number of hydrogen-bond donors (Lipinski definition) is 0. The first-order valence-electron chi connectivity index (χ1n) is 9.84. The van der Waals surface area contributed by atoms with Crippen molar-refractivity contribution in [3.05, 3.63) is 101 Å². The molecule has 4 rings (SSSR count). The van der Waals surface area contributed by atoms with Gasteiger partial charge in [-0.2, -0.15) is 0 Å². The zero-order valence-electron chi connectivity index (χ0n) is 18.0. The zero-order valence-corrected chi connectivity index (χ0v) is 18.8. The minimum absolute atomic E-state index is 0.110. The van der Waals surface area contributed by atoms with Crippen LogP contribution in [0.25, 0.3) is 6.08 Å². The van der Waals surface area contributed by atoms with Crippen LogP contribution in [0.15, 0.2) is 69.6 Å². The summed E-state index contributed by atoms with van der Waals surface area (Å²) in [7, 11) is 2.82. The van der Waals surface area contributed by atoms with Crippen molar-refractivity contribution in [3.63, 3.8) is 0 Å². The second kappa shape index (κ2) is 8.83. The van der Waals surface area contributed by atoms with Gasteiger partial charge in [-0.1, -0.05) is 35.6 Å². The smallest absolute Gasteiger partial charge is 0.338 e. The summed E-state index contributed by atoms with van der Waals surface area (Å²) in [5.41, 5.74) is 1.13. The van der Waals surface area contributed by atoms with E-state index in [2.05, 4.69) is 4.99 Å². The van der Waals surface area contributed by atoms with E-state index in [9.17, 15) is 19.7 Å². The Morgan fingerprint density at radius 2 is 1.88 bits per heavy atom. The van der Waals surface area contributed by atoms with Crippen molar-refractivity contribution in [1.82, 2.24) is 4.57 Å². The summed E-state index contributed by atoms with van der Waals surface area (Å²) < 4.78 is 11.9. The number of esters is 1. The molecule has 1 atom stereocenters. The summed E-state index contributed by atoms with van der Waals surface area (Å²) in [4.78, 5) is 41.9. The Hall–Kier alpha value is -4.05. The van der Waals surface area contributed by atoms with E-state index < -0.39 is 22.5 Å². The van der Waals surface area contributed by atoms with Gasteiger partial charge in [-0.3, -0.25) is 19.5 Å². The largest absolute Gasteiger partial charge is 0.497 e. The molecule has 0 amide bonds. The van der Waals surface area contributed by atoms with Gasteiger partial charge in [-0.05, 0) is 36.8 Å². The van der Waals surface area contributed by atoms with E-state index >= 15 is 0 Å². The lowest BCUT2D eigenvalue weighted by Gasteiger charge is -2.24. The zero-order chi connectivity index (χ0) is 23.7. The van der Waals surface area contributed by atoms with Gasteiger partial charge in [0.25, 0.3) is 11.2 Å². The Morgan fingerprint density at radius 1 is 1.18 bits per heavy atom. The summed E-state index contributed by atoms with van der Waals surface area (Å²) >= 11 is 1.10. The summed E-state index contributed by atoms with van der Waals surface area (Å²) in [6.07, 6.45) is 1.48. The minimum Gasteiger partial charge on any atom is -0.497 e. The Balaban J connectivity index is 1.98. The van der Waals surface area contributed by atoms with Crippen LogP contribution < -0.4 is 19.6 Å². The molecular formula is C23H19N3O6S. The van der Waals surface area contributed by atoms with Gasteiger partial charge in [0.15, 0.2) is 4.80 Å². The average molecular weight is 465 g/mol. The fourth-order valence-corrected chi connectivity index (χ4v) is 4.75. The van der Waals surface area contributed by atoms with Gasteiger partial charge < -0.3 is 9.47 Å². The van der Waals surface area contributed by atoms with Gasteiger partial charge in [0, 0.05) is 6.07 Å². The van der Waals surface area contributed by atoms with Gasteiger partial charge >= 0.3 is 5.97 Å². The van der Waals surface area contributed by atoms with E-state index in [1.165, 1.54) is 23.8 Å². The van der Waals surface area contributed by atoms with E-state index in [4.69, 9.17) is 9.47 Å². The SMILES string of the molecule is COC(=O)C1=C(C)N=c2s/c(=C\c3ccccc3[N+](=O)[O-])c(=O)n2[C@H]1c1ccc(OC)cc1. The van der Waals surface area contributed by atoms with Crippen molar-refractivity contribution in [2.45, 2.75) is 13.0 Å². The molecule has 1 aliphatic rings. The highest BCUT2D eigenvalue weighted by Gasteiger charge is 2.33. The van der Waals surface area contributed by atoms with Crippen molar-refractivity contribution < 1.29 is 19.2 Å². The molecular weight excluding hydrogens is 446 g/mol. The molecule has 168 valence electrons. The molecule has 0 radical (unpaired) electrons. The third-order valence-corrected chi connectivity index (χ3v) is 6.26. The number of nitrogens with zero attached hydrogens (tertiary/aromatic N) is 3. The van der Waals surface area contributed by atoms with Crippen LogP contribution in [-0.4, -0.2) is 29.7 Å². The Labute approximate surface area is 191 Å². The maximum atomic E-state index is 13.5. The molecule has 0 aliphatic carbocycles. The Bertz CT molecular complexity index is 1470. The van der Waals surface area contributed by atoms with Gasteiger partial charge in [0.1, 0.15) is 5.75 Å². The number of nitro groups is 1. The predicted molar refractivity (Wildman–Crippen MR) is 122 cm³/mol. The number of carbonyl (C=O) groups is 1. The normalized spacial score (nSPS) is 15.6. The maximum absolute atomic E-state index is 13.5. The fourth-order valence-electron chi connectivity index (χ4n) is 3.71. The van der Waals surface area contributed by atoms with E-state index in [-0.39, 0.29) is 15.8 Å². The first-order chi connectivity index (χ1) is 15.8. The number of carbonyl (C=O) groups excluding carboxylic acids is 1. The summed E-state index contributed by atoms with van der Waals surface area (Å²) in [6.45, 7) is 1.68. The maximum Gasteiger partial charge on any atom is 0.338 e. The number of nitro benzene ring substituents is 1. The van der Waals surface area contributed by atoms with Crippen LogP contribution in [0.1, 0.15) is 24.1 Å². The van der Waals surface area contributed by atoms with Crippen LogP contribution in [0.3, 0.4) is 0 Å². The highest BCUT2D eigenvalue weighted by atomic mass is 32.1. The molecule has 33 heavy (non-hydrogen) atoms. The lowest BCUT2D eigenvalue weighted by atomic mass is 9.96. The molecule has 0 spiro atoms. The number of methoxy groups -OCH3 is 2. The molecule has 0 saturated heterocycles. The molecule has 0 saturated carbocycles. The fraction of sp³-hybridized carbons (Fsp3) is 0.174. The minimum atomic E-state index is -0.771. The topological polar surface area (TPSA) is 113 Å². The number of hydrogen-bond acceptors (Lipinski definition) is 8. The van der Waals surface area contributed by atoms with Crippen LogP contribution in [0.4, 0.5) is 5.69 Å². The second-order valence-electron chi connectivity index (χ2n) is 7.16. The van der Waals surface area contributed by atoms with Crippen LogP contribution in [0.2, 0.25) is 0 Å². The van der Waals surface area contributed by atoms with Gasteiger partial charge in [0.05, 0.1) is 46.6 Å². The molecule has 2 aromatic carbocycles. The average Bonchev–Trinajstić information content (AvgIpc) is 3.12. The third-order valence-electron chi connectivity index (χ3n) is 5.28. The summed E-state index contributed by atoms with van der Waals surface area (Å²) in [5.74, 6) is 0.0351. The standard InChI is InChI=1S/C23H19N3O6S/c1-13-19(22(28)32-3)20(14-8-10-16(31-2)11-9-14)25-21(27)18(33-23(25)24-13)12-15-6-4-5-7-17(15)26(29)30/h4-12,20H,1-3H3/b18-12-/t20-/m0/s1. The number of allylic oxidation sites excluding steroid dienone is 1. The van der Waals surface area contributed by atoms with Crippen LogP contribution in [-0.2, 0) is 9.53 Å². The van der Waals surface area contributed by atoms with Gasteiger partial charge in [-0.25, -0.2) is 9.79 Å². The number of fused-ring (bicyclic) bond motifs is 1. The molecule has 10 heteroatoms. The quantitative estimate of drug-likeness (QED) is 0.325. The van der Waals surface area contributed by atoms with E-state index in [0.29, 0.717) is 27.4 Å². The molecule has 0 bridgehead atoms. The third kappa shape index (κ3) is 3.96. The molecule has 1 aliphatic heterocycles. The molecule has 0 fully saturated rings. The molecule has 1 aromatic heterocycles. The molecule has 9 nitrogen and oxygen atoms in total. The highest BCUT2D eigenvalue weighted by Crippen LogP contribution is 2.31. The Morgan fingerprint density at radius 3 is 2.52 bits per heavy atom. The first-order valence-corrected chi connectivity index (χ1v) is 10.7. The van der Waals surface area contributed by atoms with E-state index in [1.54, 1.807) is 56.5 Å². The van der Waals surface area contributed by atoms with Crippen molar-refractivity contribution in [1.29, 1.82) is 0 Å². The van der Waals surface area contributed by atoms with Crippen molar-refractivity contribution in [2.75, 3.05) is 14.2 Å². The number of aromatic nitrogens is 1.